The van der Waals surface area contributed by atoms with E-state index in [1.54, 1.807) is 0 Å². The molecule has 0 fully saturated rings. The summed E-state index contributed by atoms with van der Waals surface area (Å²) in [4.78, 5) is 0. The molecule has 29 heavy (non-hydrogen) atoms. The second-order valence-corrected chi connectivity index (χ2v) is 11.7. The molecule has 150 valence electrons. The molecule has 2 heteroatoms. The molecule has 0 aliphatic rings. The van der Waals surface area contributed by atoms with Crippen LogP contribution in [0.5, 0.6) is 0 Å². The van der Waals surface area contributed by atoms with Gasteiger partial charge in [-0.15, -0.1) is 0 Å². The summed E-state index contributed by atoms with van der Waals surface area (Å²) in [6, 6.07) is 28.2. The molecule has 3 aromatic carbocycles. The average molecular weight is 403 g/mol. The molecule has 0 aromatic heterocycles. The Labute approximate surface area is 175 Å². The molecular weight excluding hydrogens is 371 g/mol. The first kappa shape index (κ1) is 21.3. The predicted molar refractivity (Wildman–Crippen MR) is 127 cm³/mol. The summed E-state index contributed by atoms with van der Waals surface area (Å²) in [5, 5.41) is 2.70. The van der Waals surface area contributed by atoms with Gasteiger partial charge in [0.05, 0.1) is 0 Å². The maximum Gasteiger partial charge on any atom is 0.171 e. The van der Waals surface area contributed by atoms with Gasteiger partial charge in [0.15, 0.2) is 7.14 Å². The zero-order chi connectivity index (χ0) is 21.1. The number of allylic oxidation sites excluding steroid dienone is 2. The van der Waals surface area contributed by atoms with Gasteiger partial charge in [0, 0.05) is 21.8 Å². The monoisotopic (exact) mass is 402 g/mol. The van der Waals surface area contributed by atoms with Crippen LogP contribution >= 0.6 is 7.14 Å². The molecule has 1 atom stereocenters. The van der Waals surface area contributed by atoms with Gasteiger partial charge in [-0.1, -0.05) is 117 Å². The Morgan fingerprint density at radius 3 is 1.66 bits per heavy atom. The minimum Gasteiger partial charge on any atom is -0.309 e. The van der Waals surface area contributed by atoms with Crippen molar-refractivity contribution in [3.8, 4) is 0 Å². The van der Waals surface area contributed by atoms with Crippen LogP contribution in [0.15, 0.2) is 96.6 Å². The molecule has 0 amide bonds. The molecule has 1 nitrogen and oxygen atoms in total. The molecule has 0 N–H and O–H groups in total. The molecule has 0 radical (unpaired) electrons. The molecule has 0 saturated heterocycles. The normalized spacial score (nSPS) is 13.0. The van der Waals surface area contributed by atoms with Crippen molar-refractivity contribution in [2.75, 3.05) is 0 Å². The summed E-state index contributed by atoms with van der Waals surface area (Å²) in [5.74, 6) is 0.171. The lowest BCUT2D eigenvalue weighted by Gasteiger charge is -2.33. The van der Waals surface area contributed by atoms with Crippen LogP contribution in [0.3, 0.4) is 0 Å². The topological polar surface area (TPSA) is 17.1 Å². The highest BCUT2D eigenvalue weighted by molar-refractivity contribution is 7.85. The summed E-state index contributed by atoms with van der Waals surface area (Å²) in [6.07, 6.45) is 2.32. The quantitative estimate of drug-likeness (QED) is 0.355. The highest BCUT2D eigenvalue weighted by Crippen LogP contribution is 2.47. The summed E-state index contributed by atoms with van der Waals surface area (Å²) in [7, 11) is -3.01. The van der Waals surface area contributed by atoms with E-state index in [1.165, 1.54) is 5.57 Å². The fraction of sp³-hybridized carbons (Fsp3) is 0.259. The van der Waals surface area contributed by atoms with Crippen LogP contribution in [-0.4, -0.2) is 0 Å². The Morgan fingerprint density at radius 1 is 0.759 bits per heavy atom. The highest BCUT2D eigenvalue weighted by Gasteiger charge is 2.35. The molecule has 0 heterocycles. The van der Waals surface area contributed by atoms with Gasteiger partial charge < -0.3 is 4.57 Å². The van der Waals surface area contributed by atoms with Crippen molar-refractivity contribution in [2.45, 2.75) is 40.5 Å². The largest absolute Gasteiger partial charge is 0.309 e. The third kappa shape index (κ3) is 4.46. The van der Waals surface area contributed by atoms with Crippen LogP contribution < -0.4 is 15.9 Å². The average Bonchev–Trinajstić information content (AvgIpc) is 2.72. The number of hydrogen-bond acceptors (Lipinski definition) is 1. The van der Waals surface area contributed by atoms with E-state index >= 15 is 0 Å². The van der Waals surface area contributed by atoms with Crippen molar-refractivity contribution in [3.63, 3.8) is 0 Å². The van der Waals surface area contributed by atoms with E-state index in [9.17, 15) is 4.57 Å². The van der Waals surface area contributed by atoms with Gasteiger partial charge in [0.1, 0.15) is 0 Å². The standard InChI is InChI=1S/C27H31OP/c1-21(2)20-25(27(3,4)5)24-18-12-13-19-26(24)29(28,22-14-8-6-9-15-22)23-16-10-7-11-17-23/h6-20,25H,1-5H3. The SMILES string of the molecule is CC(C)=CC(c1ccccc1P(=O)(c1ccccc1)c1ccccc1)C(C)(C)C. The number of hydrogen-bond donors (Lipinski definition) is 0. The van der Waals surface area contributed by atoms with Crippen LogP contribution in [0, 0.1) is 5.41 Å². The fourth-order valence-corrected chi connectivity index (χ4v) is 6.79. The molecule has 3 rings (SSSR count). The van der Waals surface area contributed by atoms with Gasteiger partial charge in [-0.05, 0) is 24.8 Å². The van der Waals surface area contributed by atoms with Crippen LogP contribution in [0.25, 0.3) is 0 Å². The van der Waals surface area contributed by atoms with Crippen LogP contribution in [-0.2, 0) is 4.57 Å². The van der Waals surface area contributed by atoms with Gasteiger partial charge >= 0.3 is 0 Å². The maximum absolute atomic E-state index is 14.9. The van der Waals surface area contributed by atoms with Crippen LogP contribution in [0.2, 0.25) is 0 Å². The Kier molecular flexibility index (Phi) is 6.30. The lowest BCUT2D eigenvalue weighted by Crippen LogP contribution is -2.30. The van der Waals surface area contributed by atoms with E-state index in [-0.39, 0.29) is 11.3 Å². The van der Waals surface area contributed by atoms with Gasteiger partial charge in [0.2, 0.25) is 0 Å². The van der Waals surface area contributed by atoms with Crippen molar-refractivity contribution >= 4 is 23.1 Å². The van der Waals surface area contributed by atoms with Crippen LogP contribution in [0.4, 0.5) is 0 Å². The van der Waals surface area contributed by atoms with Gasteiger partial charge in [0.25, 0.3) is 0 Å². The predicted octanol–water partition coefficient (Wildman–Crippen LogP) is 6.42. The fourth-order valence-electron chi connectivity index (χ4n) is 3.88. The zero-order valence-corrected chi connectivity index (χ0v) is 19.0. The van der Waals surface area contributed by atoms with E-state index in [0.717, 1.165) is 21.5 Å². The minimum atomic E-state index is -3.01. The number of benzene rings is 3. The molecule has 0 bridgehead atoms. The lowest BCUT2D eigenvalue weighted by atomic mass is 9.75. The second kappa shape index (κ2) is 8.56. The Balaban J connectivity index is 2.35. The van der Waals surface area contributed by atoms with E-state index in [1.807, 2.05) is 66.7 Å². The summed E-state index contributed by atoms with van der Waals surface area (Å²) in [6.45, 7) is 11.0. The third-order valence-corrected chi connectivity index (χ3v) is 8.42. The molecule has 0 aliphatic carbocycles. The van der Waals surface area contributed by atoms with Crippen molar-refractivity contribution in [3.05, 3.63) is 102 Å². The number of rotatable bonds is 5. The first-order valence-corrected chi connectivity index (χ1v) is 11.9. The third-order valence-electron chi connectivity index (χ3n) is 5.28. The summed E-state index contributed by atoms with van der Waals surface area (Å²) >= 11 is 0. The molecule has 0 aliphatic heterocycles. The van der Waals surface area contributed by atoms with Crippen molar-refractivity contribution in [1.82, 2.24) is 0 Å². The molecular formula is C27H31OP. The molecule has 3 aromatic rings. The molecule has 0 spiro atoms. The molecule has 0 saturated carbocycles. The van der Waals surface area contributed by atoms with Gasteiger partial charge in [-0.25, -0.2) is 0 Å². The van der Waals surface area contributed by atoms with E-state index in [2.05, 4.69) is 58.9 Å². The summed E-state index contributed by atoms with van der Waals surface area (Å²) < 4.78 is 14.9. The van der Waals surface area contributed by atoms with Crippen molar-refractivity contribution in [1.29, 1.82) is 0 Å². The zero-order valence-electron chi connectivity index (χ0n) is 18.1. The summed E-state index contributed by atoms with van der Waals surface area (Å²) in [5.41, 5.74) is 2.43. The first-order chi connectivity index (χ1) is 13.7. The van der Waals surface area contributed by atoms with Crippen molar-refractivity contribution in [2.24, 2.45) is 5.41 Å². The highest BCUT2D eigenvalue weighted by atomic mass is 31.2. The lowest BCUT2D eigenvalue weighted by molar-refractivity contribution is 0.366. The minimum absolute atomic E-state index is 0.00553. The van der Waals surface area contributed by atoms with E-state index < -0.39 is 7.14 Å². The van der Waals surface area contributed by atoms with Gasteiger partial charge in [-0.2, -0.15) is 0 Å². The Bertz CT molecular complexity index is 979. The Morgan fingerprint density at radius 2 is 1.21 bits per heavy atom. The smallest absolute Gasteiger partial charge is 0.171 e. The van der Waals surface area contributed by atoms with Crippen molar-refractivity contribution < 1.29 is 4.57 Å². The van der Waals surface area contributed by atoms with Gasteiger partial charge in [-0.3, -0.25) is 0 Å². The van der Waals surface area contributed by atoms with E-state index in [0.29, 0.717) is 0 Å². The van der Waals surface area contributed by atoms with Crippen LogP contribution in [0.1, 0.15) is 46.1 Å². The van der Waals surface area contributed by atoms with E-state index in [4.69, 9.17) is 0 Å². The maximum atomic E-state index is 14.9. The second-order valence-electron chi connectivity index (χ2n) is 8.93. The first-order valence-electron chi connectivity index (χ1n) is 10.2. The molecule has 1 unspecified atom stereocenters. The Hall–Kier alpha value is -2.37.